The molecule has 0 N–H and O–H groups in total. The van der Waals surface area contributed by atoms with Crippen LogP contribution in [0.2, 0.25) is 0 Å². The number of esters is 3. The lowest BCUT2D eigenvalue weighted by Gasteiger charge is -2.27. The van der Waals surface area contributed by atoms with Crippen LogP contribution in [-0.4, -0.2) is 55.0 Å². The fourth-order valence-electron chi connectivity index (χ4n) is 2.35. The van der Waals surface area contributed by atoms with E-state index in [0.717, 1.165) is 20.8 Å². The minimum absolute atomic E-state index is 0.121. The number of ether oxygens (including phenoxy) is 4. The Labute approximate surface area is 149 Å². The highest BCUT2D eigenvalue weighted by molar-refractivity contribution is 5.96. The van der Waals surface area contributed by atoms with Crippen molar-refractivity contribution < 1.29 is 38.1 Å². The van der Waals surface area contributed by atoms with E-state index >= 15 is 0 Å². The first-order valence-electron chi connectivity index (χ1n) is 7.88. The molecule has 0 aliphatic carbocycles. The molecule has 9 heteroatoms. The Morgan fingerprint density at radius 3 is 1.73 bits per heavy atom. The Hall–Kier alpha value is -2.94. The average molecular weight is 365 g/mol. The maximum atomic E-state index is 12.7. The summed E-state index contributed by atoms with van der Waals surface area (Å²) in [6.07, 6.45) is 0. The van der Waals surface area contributed by atoms with Crippen molar-refractivity contribution in [1.82, 2.24) is 4.90 Å². The van der Waals surface area contributed by atoms with E-state index in [0.29, 0.717) is 26.3 Å². The largest absolute Gasteiger partial charge is 0.423 e. The van der Waals surface area contributed by atoms with Gasteiger partial charge < -0.3 is 23.8 Å². The molecule has 0 radical (unpaired) electrons. The number of hydrogen-bond acceptors (Lipinski definition) is 8. The second kappa shape index (κ2) is 8.43. The Morgan fingerprint density at radius 2 is 1.31 bits per heavy atom. The van der Waals surface area contributed by atoms with Crippen molar-refractivity contribution in [1.29, 1.82) is 0 Å². The molecule has 9 nitrogen and oxygen atoms in total. The summed E-state index contributed by atoms with van der Waals surface area (Å²) < 4.78 is 20.3. The van der Waals surface area contributed by atoms with Gasteiger partial charge in [0.2, 0.25) is 5.75 Å². The number of morpholine rings is 1. The molecular formula is C17H19NO8. The zero-order valence-corrected chi connectivity index (χ0v) is 14.7. The third-order valence-electron chi connectivity index (χ3n) is 3.32. The van der Waals surface area contributed by atoms with Crippen LogP contribution in [0.5, 0.6) is 17.2 Å². The molecule has 1 fully saturated rings. The lowest BCUT2D eigenvalue weighted by Crippen LogP contribution is -2.40. The standard InChI is InChI=1S/C17H19NO8/c1-10(19)24-14-8-13(17(22)18-4-6-23-7-5-18)9-15(25-11(2)20)16(14)26-12(3)21/h8-9H,4-7H2,1-3H3. The van der Waals surface area contributed by atoms with Gasteiger partial charge in [-0.25, -0.2) is 0 Å². The van der Waals surface area contributed by atoms with Crippen molar-refractivity contribution in [3.05, 3.63) is 17.7 Å². The van der Waals surface area contributed by atoms with Crippen LogP contribution in [0.1, 0.15) is 31.1 Å². The molecule has 1 aliphatic heterocycles. The molecule has 0 aromatic heterocycles. The summed E-state index contributed by atoms with van der Waals surface area (Å²) in [7, 11) is 0. The summed E-state index contributed by atoms with van der Waals surface area (Å²) in [5.41, 5.74) is 0.121. The van der Waals surface area contributed by atoms with Gasteiger partial charge in [0.05, 0.1) is 13.2 Å². The third-order valence-corrected chi connectivity index (χ3v) is 3.32. The van der Waals surface area contributed by atoms with Gasteiger partial charge in [-0.1, -0.05) is 0 Å². The Morgan fingerprint density at radius 1 is 0.846 bits per heavy atom. The Bertz CT molecular complexity index is 699. The maximum absolute atomic E-state index is 12.7. The molecule has 1 aromatic carbocycles. The first kappa shape index (κ1) is 19.4. The van der Waals surface area contributed by atoms with Gasteiger partial charge in [0, 0.05) is 39.4 Å². The van der Waals surface area contributed by atoms with E-state index in [4.69, 9.17) is 18.9 Å². The molecule has 1 heterocycles. The molecular weight excluding hydrogens is 346 g/mol. The van der Waals surface area contributed by atoms with Crippen molar-refractivity contribution in [2.45, 2.75) is 20.8 Å². The van der Waals surface area contributed by atoms with E-state index in [1.54, 1.807) is 4.90 Å². The fraction of sp³-hybridized carbons (Fsp3) is 0.412. The van der Waals surface area contributed by atoms with Gasteiger partial charge in [-0.3, -0.25) is 19.2 Å². The second-order valence-corrected chi connectivity index (χ2v) is 5.49. The second-order valence-electron chi connectivity index (χ2n) is 5.49. The van der Waals surface area contributed by atoms with Crippen LogP contribution in [-0.2, 0) is 19.1 Å². The predicted octanol–water partition coefficient (Wildman–Crippen LogP) is 0.935. The van der Waals surface area contributed by atoms with Crippen LogP contribution in [0.25, 0.3) is 0 Å². The summed E-state index contributed by atoms with van der Waals surface area (Å²) in [6.45, 7) is 5.06. The smallest absolute Gasteiger partial charge is 0.308 e. The molecule has 2 rings (SSSR count). The Kier molecular flexibility index (Phi) is 6.29. The molecule has 1 saturated heterocycles. The third kappa shape index (κ3) is 5.03. The predicted molar refractivity (Wildman–Crippen MR) is 87.1 cm³/mol. The van der Waals surface area contributed by atoms with E-state index in [1.807, 2.05) is 0 Å². The zero-order chi connectivity index (χ0) is 19.3. The van der Waals surface area contributed by atoms with Crippen LogP contribution >= 0.6 is 0 Å². The first-order chi connectivity index (χ1) is 12.3. The molecule has 1 aliphatic rings. The van der Waals surface area contributed by atoms with Gasteiger partial charge in [-0.05, 0) is 12.1 Å². The van der Waals surface area contributed by atoms with E-state index in [2.05, 4.69) is 0 Å². The number of carbonyl (C=O) groups excluding carboxylic acids is 4. The lowest BCUT2D eigenvalue weighted by atomic mass is 10.1. The minimum Gasteiger partial charge on any atom is -0.423 e. The van der Waals surface area contributed by atoms with E-state index < -0.39 is 17.9 Å². The van der Waals surface area contributed by atoms with E-state index in [-0.39, 0.29) is 28.7 Å². The van der Waals surface area contributed by atoms with Gasteiger partial charge in [0.15, 0.2) is 11.5 Å². The van der Waals surface area contributed by atoms with Crippen molar-refractivity contribution >= 4 is 23.8 Å². The number of amides is 1. The molecule has 140 valence electrons. The highest BCUT2D eigenvalue weighted by atomic mass is 16.6. The molecule has 0 atom stereocenters. The number of carbonyl (C=O) groups is 4. The zero-order valence-electron chi connectivity index (χ0n) is 14.7. The summed E-state index contributed by atoms with van der Waals surface area (Å²) in [5.74, 6) is -3.08. The van der Waals surface area contributed by atoms with Crippen LogP contribution in [0.15, 0.2) is 12.1 Å². The summed E-state index contributed by atoms with van der Waals surface area (Å²) in [4.78, 5) is 48.4. The number of rotatable bonds is 4. The normalized spacial score (nSPS) is 13.7. The summed E-state index contributed by atoms with van der Waals surface area (Å²) in [5, 5.41) is 0. The van der Waals surface area contributed by atoms with E-state index in [9.17, 15) is 19.2 Å². The molecule has 0 saturated carbocycles. The van der Waals surface area contributed by atoms with Crippen molar-refractivity contribution in [3.8, 4) is 17.2 Å². The van der Waals surface area contributed by atoms with Crippen molar-refractivity contribution in [2.24, 2.45) is 0 Å². The number of hydrogen-bond donors (Lipinski definition) is 0. The lowest BCUT2D eigenvalue weighted by molar-refractivity contribution is -0.135. The molecule has 0 unspecified atom stereocenters. The van der Waals surface area contributed by atoms with Gasteiger partial charge in [0.1, 0.15) is 0 Å². The van der Waals surface area contributed by atoms with Crippen molar-refractivity contribution in [3.63, 3.8) is 0 Å². The molecule has 26 heavy (non-hydrogen) atoms. The summed E-state index contributed by atoms with van der Waals surface area (Å²) >= 11 is 0. The number of nitrogens with zero attached hydrogens (tertiary/aromatic N) is 1. The van der Waals surface area contributed by atoms with Gasteiger partial charge >= 0.3 is 17.9 Å². The van der Waals surface area contributed by atoms with Gasteiger partial charge in [0.25, 0.3) is 5.91 Å². The minimum atomic E-state index is -0.709. The average Bonchev–Trinajstić information content (AvgIpc) is 2.56. The molecule has 1 aromatic rings. The summed E-state index contributed by atoms with van der Waals surface area (Å²) in [6, 6.07) is 2.54. The fourth-order valence-corrected chi connectivity index (χ4v) is 2.35. The maximum Gasteiger partial charge on any atom is 0.308 e. The van der Waals surface area contributed by atoms with Gasteiger partial charge in [-0.15, -0.1) is 0 Å². The van der Waals surface area contributed by atoms with Crippen LogP contribution in [0, 0.1) is 0 Å². The highest BCUT2D eigenvalue weighted by Crippen LogP contribution is 2.39. The monoisotopic (exact) mass is 365 g/mol. The van der Waals surface area contributed by atoms with Crippen LogP contribution in [0.4, 0.5) is 0 Å². The highest BCUT2D eigenvalue weighted by Gasteiger charge is 2.25. The Balaban J connectivity index is 2.50. The van der Waals surface area contributed by atoms with Crippen LogP contribution < -0.4 is 14.2 Å². The SMILES string of the molecule is CC(=O)Oc1cc(C(=O)N2CCOCC2)cc(OC(C)=O)c1OC(C)=O. The number of benzene rings is 1. The van der Waals surface area contributed by atoms with E-state index in [1.165, 1.54) is 12.1 Å². The quantitative estimate of drug-likeness (QED) is 0.573. The molecule has 1 amide bonds. The topological polar surface area (TPSA) is 108 Å². The first-order valence-corrected chi connectivity index (χ1v) is 7.88. The van der Waals surface area contributed by atoms with Crippen LogP contribution in [0.3, 0.4) is 0 Å². The van der Waals surface area contributed by atoms with Gasteiger partial charge in [-0.2, -0.15) is 0 Å². The van der Waals surface area contributed by atoms with Crippen molar-refractivity contribution in [2.75, 3.05) is 26.3 Å². The molecule has 0 spiro atoms. The molecule has 0 bridgehead atoms.